The van der Waals surface area contributed by atoms with Crippen LogP contribution in [0.2, 0.25) is 0 Å². The second kappa shape index (κ2) is 6.06. The zero-order valence-electron chi connectivity index (χ0n) is 11.5. The van der Waals surface area contributed by atoms with Crippen molar-refractivity contribution in [1.29, 1.82) is 0 Å². The third-order valence-electron chi connectivity index (χ3n) is 3.13. The number of carbonyl (C=O) groups is 1. The molecule has 0 aliphatic rings. The van der Waals surface area contributed by atoms with E-state index in [4.69, 9.17) is 4.42 Å². The lowest BCUT2D eigenvalue weighted by Crippen LogP contribution is -1.97. The summed E-state index contributed by atoms with van der Waals surface area (Å²) in [7, 11) is 1.34. The Bertz CT molecular complexity index is 762. The molecule has 106 valence electrons. The van der Waals surface area contributed by atoms with Gasteiger partial charge in [-0.25, -0.2) is 4.79 Å². The summed E-state index contributed by atoms with van der Waals surface area (Å²) < 4.78 is 10.2. The van der Waals surface area contributed by atoms with Gasteiger partial charge < -0.3 is 9.15 Å². The Hall–Kier alpha value is -2.20. The van der Waals surface area contributed by atoms with Crippen molar-refractivity contribution in [2.45, 2.75) is 10.6 Å². The van der Waals surface area contributed by atoms with Crippen LogP contribution in [0.15, 0.2) is 63.9 Å². The Morgan fingerprint density at radius 2 is 1.95 bits per heavy atom. The Morgan fingerprint density at radius 3 is 2.71 bits per heavy atom. The van der Waals surface area contributed by atoms with Gasteiger partial charge in [0.1, 0.15) is 5.58 Å². The highest BCUT2D eigenvalue weighted by Crippen LogP contribution is 2.28. The molecule has 0 radical (unpaired) electrons. The average Bonchev–Trinajstić information content (AvgIpc) is 2.96. The molecule has 1 aromatic heterocycles. The summed E-state index contributed by atoms with van der Waals surface area (Å²) in [5.41, 5.74) is 1.98. The van der Waals surface area contributed by atoms with Gasteiger partial charge in [0, 0.05) is 16.0 Å². The van der Waals surface area contributed by atoms with E-state index in [9.17, 15) is 4.79 Å². The maximum atomic E-state index is 11.5. The number of furan rings is 1. The molecule has 21 heavy (non-hydrogen) atoms. The summed E-state index contributed by atoms with van der Waals surface area (Å²) in [6.07, 6.45) is 0. The van der Waals surface area contributed by atoms with Gasteiger partial charge >= 0.3 is 5.97 Å². The van der Waals surface area contributed by atoms with Gasteiger partial charge in [0.15, 0.2) is 0 Å². The van der Waals surface area contributed by atoms with Gasteiger partial charge in [-0.15, -0.1) is 11.8 Å². The first-order valence-corrected chi connectivity index (χ1v) is 7.53. The van der Waals surface area contributed by atoms with E-state index < -0.39 is 5.97 Å². The Kier molecular flexibility index (Phi) is 3.97. The van der Waals surface area contributed by atoms with E-state index >= 15 is 0 Å². The topological polar surface area (TPSA) is 39.4 Å². The smallest absolute Gasteiger partial charge is 0.373 e. The zero-order chi connectivity index (χ0) is 14.7. The van der Waals surface area contributed by atoms with Crippen molar-refractivity contribution in [3.05, 3.63) is 65.9 Å². The van der Waals surface area contributed by atoms with Gasteiger partial charge in [-0.05, 0) is 29.8 Å². The van der Waals surface area contributed by atoms with Crippen molar-refractivity contribution >= 4 is 28.7 Å². The average molecular weight is 298 g/mol. The van der Waals surface area contributed by atoms with Crippen LogP contribution in [-0.2, 0) is 10.5 Å². The third kappa shape index (κ3) is 3.11. The van der Waals surface area contributed by atoms with Crippen LogP contribution in [-0.4, -0.2) is 13.1 Å². The molecule has 0 atom stereocenters. The number of fused-ring (bicyclic) bond motifs is 1. The summed E-state index contributed by atoms with van der Waals surface area (Å²) in [5.74, 6) is 0.680. The second-order valence-electron chi connectivity index (χ2n) is 4.58. The molecule has 3 rings (SSSR count). The Labute approximate surface area is 126 Å². The predicted molar refractivity (Wildman–Crippen MR) is 83.6 cm³/mol. The molecule has 3 nitrogen and oxygen atoms in total. The maximum Gasteiger partial charge on any atom is 0.373 e. The van der Waals surface area contributed by atoms with Crippen LogP contribution in [0.5, 0.6) is 0 Å². The van der Waals surface area contributed by atoms with Gasteiger partial charge in [0.2, 0.25) is 5.76 Å². The minimum Gasteiger partial charge on any atom is -0.463 e. The SMILES string of the molecule is COC(=O)c1cc2ccc(SCc3ccccc3)cc2o1. The Morgan fingerprint density at radius 1 is 1.14 bits per heavy atom. The molecular formula is C17H14O3S. The lowest BCUT2D eigenvalue weighted by Gasteiger charge is -2.01. The van der Waals surface area contributed by atoms with Gasteiger partial charge in [-0.1, -0.05) is 30.3 Å². The molecule has 2 aromatic carbocycles. The number of benzene rings is 2. The molecule has 0 amide bonds. The summed E-state index contributed by atoms with van der Waals surface area (Å²) in [6.45, 7) is 0. The van der Waals surface area contributed by atoms with E-state index in [0.717, 1.165) is 16.0 Å². The normalized spacial score (nSPS) is 10.7. The number of esters is 1. The zero-order valence-corrected chi connectivity index (χ0v) is 12.4. The first kappa shape index (κ1) is 13.8. The lowest BCUT2D eigenvalue weighted by atomic mass is 10.2. The standard InChI is InChI=1S/C17H14O3S/c1-19-17(18)16-9-13-7-8-14(10-15(13)20-16)21-11-12-5-3-2-4-6-12/h2-10H,11H2,1H3. The van der Waals surface area contributed by atoms with Crippen molar-refractivity contribution in [2.75, 3.05) is 7.11 Å². The molecule has 0 saturated heterocycles. The minimum absolute atomic E-state index is 0.234. The van der Waals surface area contributed by atoms with E-state index in [1.54, 1.807) is 17.8 Å². The molecule has 0 N–H and O–H groups in total. The van der Waals surface area contributed by atoms with Crippen LogP contribution in [0.25, 0.3) is 11.0 Å². The van der Waals surface area contributed by atoms with Crippen LogP contribution in [0.1, 0.15) is 16.1 Å². The van der Waals surface area contributed by atoms with Crippen molar-refractivity contribution in [2.24, 2.45) is 0 Å². The summed E-state index contributed by atoms with van der Waals surface area (Å²) in [6, 6.07) is 17.9. The lowest BCUT2D eigenvalue weighted by molar-refractivity contribution is 0.0567. The number of rotatable bonds is 4. The fraction of sp³-hybridized carbons (Fsp3) is 0.118. The third-order valence-corrected chi connectivity index (χ3v) is 4.19. The highest BCUT2D eigenvalue weighted by molar-refractivity contribution is 7.98. The number of ether oxygens (including phenoxy) is 1. The van der Waals surface area contributed by atoms with Gasteiger partial charge in [-0.2, -0.15) is 0 Å². The maximum absolute atomic E-state index is 11.5. The molecule has 3 aromatic rings. The van der Waals surface area contributed by atoms with Crippen molar-refractivity contribution in [1.82, 2.24) is 0 Å². The van der Waals surface area contributed by atoms with Crippen molar-refractivity contribution in [3.63, 3.8) is 0 Å². The van der Waals surface area contributed by atoms with Gasteiger partial charge in [0.05, 0.1) is 7.11 Å². The summed E-state index contributed by atoms with van der Waals surface area (Å²) in [5, 5.41) is 0.902. The minimum atomic E-state index is -0.454. The first-order valence-electron chi connectivity index (χ1n) is 6.55. The number of hydrogen-bond donors (Lipinski definition) is 0. The summed E-state index contributed by atoms with van der Waals surface area (Å²) >= 11 is 1.74. The second-order valence-corrected chi connectivity index (χ2v) is 5.62. The molecule has 0 aliphatic carbocycles. The molecule has 4 heteroatoms. The molecule has 0 bridgehead atoms. The quantitative estimate of drug-likeness (QED) is 0.525. The Balaban J connectivity index is 1.79. The molecule has 0 fully saturated rings. The van der Waals surface area contributed by atoms with E-state index in [0.29, 0.717) is 5.58 Å². The number of carbonyl (C=O) groups excluding carboxylic acids is 1. The van der Waals surface area contributed by atoms with Crippen LogP contribution in [0.3, 0.4) is 0 Å². The fourth-order valence-corrected chi connectivity index (χ4v) is 2.92. The van der Waals surface area contributed by atoms with E-state index in [1.807, 2.05) is 36.4 Å². The van der Waals surface area contributed by atoms with Gasteiger partial charge in [-0.3, -0.25) is 0 Å². The van der Waals surface area contributed by atoms with Crippen LogP contribution in [0, 0.1) is 0 Å². The number of methoxy groups -OCH3 is 1. The highest BCUT2D eigenvalue weighted by Gasteiger charge is 2.12. The van der Waals surface area contributed by atoms with Crippen molar-refractivity contribution < 1.29 is 13.9 Å². The molecule has 0 spiro atoms. The first-order chi connectivity index (χ1) is 10.3. The largest absolute Gasteiger partial charge is 0.463 e. The van der Waals surface area contributed by atoms with Gasteiger partial charge in [0.25, 0.3) is 0 Å². The molecule has 0 saturated carbocycles. The van der Waals surface area contributed by atoms with Crippen molar-refractivity contribution in [3.8, 4) is 0 Å². The number of hydrogen-bond acceptors (Lipinski definition) is 4. The summed E-state index contributed by atoms with van der Waals surface area (Å²) in [4.78, 5) is 12.6. The highest BCUT2D eigenvalue weighted by atomic mass is 32.2. The molecule has 1 heterocycles. The van der Waals surface area contributed by atoms with E-state index in [1.165, 1.54) is 12.7 Å². The predicted octanol–water partition coefficient (Wildman–Crippen LogP) is 4.51. The fourth-order valence-electron chi connectivity index (χ4n) is 2.04. The van der Waals surface area contributed by atoms with Crippen LogP contribution < -0.4 is 0 Å². The van der Waals surface area contributed by atoms with E-state index in [2.05, 4.69) is 16.9 Å². The molecule has 0 unspecified atom stereocenters. The van der Waals surface area contributed by atoms with Crippen LogP contribution >= 0.6 is 11.8 Å². The van der Waals surface area contributed by atoms with E-state index in [-0.39, 0.29) is 5.76 Å². The number of thioether (sulfide) groups is 1. The monoisotopic (exact) mass is 298 g/mol. The molecule has 0 aliphatic heterocycles. The van der Waals surface area contributed by atoms with Crippen LogP contribution in [0.4, 0.5) is 0 Å². The molecular weight excluding hydrogens is 284 g/mol.